The first kappa shape index (κ1) is 25.6. The molecule has 2 aliphatic carbocycles. The molecule has 0 radical (unpaired) electrons. The van der Waals surface area contributed by atoms with Crippen LogP contribution >= 0.6 is 0 Å². The van der Waals surface area contributed by atoms with E-state index in [0.29, 0.717) is 5.92 Å². The van der Waals surface area contributed by atoms with Gasteiger partial charge in [-0.2, -0.15) is 12.2 Å². The molecule has 2 aliphatic rings. The van der Waals surface area contributed by atoms with E-state index in [1.165, 1.54) is 16.7 Å². The Morgan fingerprint density at radius 3 is 1.80 bits per heavy atom. The van der Waals surface area contributed by atoms with Crippen LogP contribution in [0, 0.1) is 18.1 Å². The van der Waals surface area contributed by atoms with Gasteiger partial charge in [0.2, 0.25) is 0 Å². The molecule has 0 aromatic rings. The first-order chi connectivity index (χ1) is 8.32. The Morgan fingerprint density at radius 2 is 1.70 bits per heavy atom. The summed E-state index contributed by atoms with van der Waals surface area (Å²) in [4.78, 5) is 0. The second kappa shape index (κ2) is 14.6. The molecular formula is C16H24Cl2SiZr-2. The van der Waals surface area contributed by atoms with Gasteiger partial charge >= 0.3 is 41.9 Å². The molecule has 0 fully saturated rings. The summed E-state index contributed by atoms with van der Waals surface area (Å²) in [6, 6.07) is 0. The van der Waals surface area contributed by atoms with Gasteiger partial charge in [-0.15, -0.1) is 20.3 Å². The third-order valence-electron chi connectivity index (χ3n) is 2.41. The Balaban J connectivity index is -0.000000218. The molecular weight excluding hydrogens is 382 g/mol. The van der Waals surface area contributed by atoms with Gasteiger partial charge in [-0.25, -0.2) is 22.8 Å². The van der Waals surface area contributed by atoms with Crippen molar-refractivity contribution >= 4 is 5.43 Å². The minimum atomic E-state index is 0. The summed E-state index contributed by atoms with van der Waals surface area (Å²) in [5.41, 5.74) is 4.26. The summed E-state index contributed by atoms with van der Waals surface area (Å²) in [6.07, 6.45) is 13.8. The molecule has 0 saturated carbocycles. The van der Waals surface area contributed by atoms with E-state index in [-0.39, 0.29) is 30.2 Å². The van der Waals surface area contributed by atoms with E-state index in [4.69, 9.17) is 0 Å². The second-order valence-electron chi connectivity index (χ2n) is 4.91. The third kappa shape index (κ3) is 15.0. The fourth-order valence-corrected chi connectivity index (χ4v) is 1.50. The van der Waals surface area contributed by atoms with Crippen LogP contribution in [0.3, 0.4) is 0 Å². The molecule has 4 heteroatoms. The monoisotopic (exact) mass is 404 g/mol. The van der Waals surface area contributed by atoms with Gasteiger partial charge in [-0.05, 0) is 0 Å². The average molecular weight is 407 g/mol. The van der Waals surface area contributed by atoms with Crippen LogP contribution in [0.25, 0.3) is 0 Å². The Hall–Kier alpha value is 0.640. The molecule has 0 nitrogen and oxygen atoms in total. The Labute approximate surface area is 153 Å². The number of hydrogen-bond donors (Lipinski definition) is 0. The maximum Gasteiger partial charge on any atom is -1.00 e. The van der Waals surface area contributed by atoms with Crippen LogP contribution in [0.5, 0.6) is 0 Å². The van der Waals surface area contributed by atoms with Gasteiger partial charge in [0, 0.05) is 0 Å². The third-order valence-corrected chi connectivity index (χ3v) is 2.41. The second-order valence-corrected chi connectivity index (χ2v) is 14.3. The quantitative estimate of drug-likeness (QED) is 0.351. The van der Waals surface area contributed by atoms with E-state index in [0.717, 1.165) is 6.42 Å². The largest absolute Gasteiger partial charge is 1.00 e. The van der Waals surface area contributed by atoms with Crippen LogP contribution in [-0.4, -0.2) is 5.43 Å². The molecule has 2 rings (SSSR count). The van der Waals surface area contributed by atoms with Crippen LogP contribution < -0.4 is 24.8 Å². The molecule has 112 valence electrons. The fourth-order valence-electron chi connectivity index (χ4n) is 1.50. The molecule has 0 aromatic carbocycles. The molecule has 0 N–H and O–H groups in total. The minimum Gasteiger partial charge on any atom is -1.00 e. The SMILES string of the molecule is CC1=CC[C-]=C1.CC1=[C-]C(C)C=C1C.C[Si](C)=[Zr+2].[Cl-].[Cl-]. The van der Waals surface area contributed by atoms with Gasteiger partial charge in [0.1, 0.15) is 0 Å². The molecule has 0 bridgehead atoms. The Bertz CT molecular complexity index is 382. The van der Waals surface area contributed by atoms with Crippen molar-refractivity contribution in [2.45, 2.75) is 47.2 Å². The van der Waals surface area contributed by atoms with Crippen molar-refractivity contribution in [3.63, 3.8) is 0 Å². The van der Waals surface area contributed by atoms with Gasteiger partial charge in [-0.1, -0.05) is 19.8 Å². The maximum absolute atomic E-state index is 3.29. The standard InChI is InChI=1S/C8H11.C6H7.C2H6Si.2ClH.Zr/c1-6-4-7(2)8(3)5-6;1-6-4-2-3-5-6;1-3-2;;;/h4,6H,1-3H3;4-5H,2H2,1H3;1-2H3;2*1H;/q2*-1;;;;+2/p-2. The average Bonchev–Trinajstić information content (AvgIpc) is 2.78. The van der Waals surface area contributed by atoms with Crippen molar-refractivity contribution in [3.05, 3.63) is 47.1 Å². The number of halogens is 2. The molecule has 0 aromatic heterocycles. The topological polar surface area (TPSA) is 0 Å². The maximum atomic E-state index is 3.29. The molecule has 0 spiro atoms. The molecule has 1 unspecified atom stereocenters. The fraction of sp³-hybridized carbons (Fsp3) is 0.500. The van der Waals surface area contributed by atoms with E-state index < -0.39 is 0 Å². The number of allylic oxidation sites excluding steroid dienone is 8. The van der Waals surface area contributed by atoms with Crippen molar-refractivity contribution in [1.82, 2.24) is 0 Å². The zero-order chi connectivity index (χ0) is 14.1. The molecule has 0 aliphatic heterocycles. The number of hydrogen-bond acceptors (Lipinski definition) is 0. The van der Waals surface area contributed by atoms with Crippen LogP contribution in [0.1, 0.15) is 34.1 Å². The first-order valence-corrected chi connectivity index (χ1v) is 12.6. The van der Waals surface area contributed by atoms with Gasteiger partial charge in [0.05, 0.1) is 0 Å². The molecule has 20 heavy (non-hydrogen) atoms. The molecule has 0 saturated heterocycles. The van der Waals surface area contributed by atoms with Gasteiger partial charge in [-0.3, -0.25) is 12.2 Å². The van der Waals surface area contributed by atoms with E-state index in [1.807, 2.05) is 6.08 Å². The van der Waals surface area contributed by atoms with Crippen LogP contribution in [0.4, 0.5) is 0 Å². The summed E-state index contributed by atoms with van der Waals surface area (Å²) in [7, 11) is 0. The summed E-state index contributed by atoms with van der Waals surface area (Å²) < 4.78 is 0. The van der Waals surface area contributed by atoms with Gasteiger partial charge < -0.3 is 24.8 Å². The van der Waals surface area contributed by atoms with Gasteiger partial charge in [0.15, 0.2) is 0 Å². The van der Waals surface area contributed by atoms with Crippen LogP contribution in [-0.2, 0) is 23.3 Å². The Kier molecular flexibility index (Phi) is 18.6. The van der Waals surface area contributed by atoms with Gasteiger partial charge in [0.25, 0.3) is 0 Å². The van der Waals surface area contributed by atoms with Crippen molar-refractivity contribution in [1.29, 1.82) is 0 Å². The van der Waals surface area contributed by atoms with E-state index >= 15 is 0 Å². The van der Waals surface area contributed by atoms with Crippen molar-refractivity contribution in [3.8, 4) is 0 Å². The molecule has 0 amide bonds. The summed E-state index contributed by atoms with van der Waals surface area (Å²) in [5, 5.41) is 0. The Morgan fingerprint density at radius 1 is 1.20 bits per heavy atom. The predicted molar refractivity (Wildman–Crippen MR) is 79.0 cm³/mol. The summed E-state index contributed by atoms with van der Waals surface area (Å²) >= 11 is 1.74. The van der Waals surface area contributed by atoms with Crippen molar-refractivity contribution in [2.24, 2.45) is 5.92 Å². The van der Waals surface area contributed by atoms with Crippen molar-refractivity contribution in [2.75, 3.05) is 0 Å². The normalized spacial score (nSPS) is 18.0. The van der Waals surface area contributed by atoms with E-state index in [9.17, 15) is 0 Å². The smallest absolute Gasteiger partial charge is 1.00 e. The first-order valence-electron chi connectivity index (χ1n) is 6.37. The van der Waals surface area contributed by atoms with Crippen LogP contribution in [0.15, 0.2) is 34.9 Å². The zero-order valence-electron chi connectivity index (χ0n) is 13.3. The van der Waals surface area contributed by atoms with Crippen molar-refractivity contribution < 1.29 is 48.1 Å². The summed E-state index contributed by atoms with van der Waals surface area (Å²) in [6.45, 7) is 13.1. The van der Waals surface area contributed by atoms with Crippen LogP contribution in [0.2, 0.25) is 13.1 Å². The zero-order valence-corrected chi connectivity index (χ0v) is 18.2. The predicted octanol–water partition coefficient (Wildman–Crippen LogP) is -1.18. The summed E-state index contributed by atoms with van der Waals surface area (Å²) in [5.74, 6) is 0.551. The van der Waals surface area contributed by atoms with E-state index in [2.05, 4.69) is 65.1 Å². The number of rotatable bonds is 0. The van der Waals surface area contributed by atoms with E-state index in [1.54, 1.807) is 23.3 Å². The minimum absolute atomic E-state index is 0. The molecule has 1 atom stereocenters. The molecule has 0 heterocycles.